The molecule has 0 saturated heterocycles. The number of rotatable bonds is 3. The van der Waals surface area contributed by atoms with Crippen LogP contribution in [0.4, 0.5) is 5.69 Å². The summed E-state index contributed by atoms with van der Waals surface area (Å²) in [7, 11) is 0. The number of benzene rings is 2. The molecular formula is C18H21ClIN3O2. The summed E-state index contributed by atoms with van der Waals surface area (Å²) in [6.07, 6.45) is 0. The molecule has 5 nitrogen and oxygen atoms in total. The molecule has 7 heteroatoms. The van der Waals surface area contributed by atoms with E-state index in [1.165, 1.54) is 11.1 Å². The molecule has 0 spiro atoms. The van der Waals surface area contributed by atoms with Crippen molar-refractivity contribution in [3.63, 3.8) is 0 Å². The van der Waals surface area contributed by atoms with Gasteiger partial charge in [0, 0.05) is 5.69 Å². The van der Waals surface area contributed by atoms with Crippen LogP contribution in [0.2, 0.25) is 5.02 Å². The first-order chi connectivity index (χ1) is 11.5. The Bertz CT molecular complexity index is 796. The number of ether oxygens (including phenoxy) is 2. The SMILES string of the molecule is Cc1ccc(NC(N)=NCc2cc(Cl)c3c(c2)OCCO3)cc1C.I. The lowest BCUT2D eigenvalue weighted by Gasteiger charge is -2.20. The van der Waals surface area contributed by atoms with Gasteiger partial charge in [0.2, 0.25) is 0 Å². The Balaban J connectivity index is 0.00000225. The van der Waals surface area contributed by atoms with Crippen molar-refractivity contribution >= 4 is 47.2 Å². The predicted octanol–water partition coefficient (Wildman–Crippen LogP) is 4.27. The van der Waals surface area contributed by atoms with E-state index in [1.807, 2.05) is 30.3 Å². The first-order valence-corrected chi connectivity index (χ1v) is 8.13. The van der Waals surface area contributed by atoms with Gasteiger partial charge in [0.1, 0.15) is 13.2 Å². The second-order valence-corrected chi connectivity index (χ2v) is 6.13. The summed E-state index contributed by atoms with van der Waals surface area (Å²) in [5.41, 5.74) is 10.2. The zero-order valence-corrected chi connectivity index (χ0v) is 17.2. The van der Waals surface area contributed by atoms with Crippen molar-refractivity contribution in [2.75, 3.05) is 18.5 Å². The minimum absolute atomic E-state index is 0. The van der Waals surface area contributed by atoms with E-state index in [-0.39, 0.29) is 24.0 Å². The normalized spacial score (nSPS) is 13.2. The van der Waals surface area contributed by atoms with Crippen LogP contribution in [0.3, 0.4) is 0 Å². The Morgan fingerprint density at radius 3 is 2.68 bits per heavy atom. The number of nitrogens with two attached hydrogens (primary N) is 1. The lowest BCUT2D eigenvalue weighted by atomic mass is 10.1. The molecule has 134 valence electrons. The number of fused-ring (bicyclic) bond motifs is 1. The summed E-state index contributed by atoms with van der Waals surface area (Å²) in [6, 6.07) is 9.77. The molecule has 0 fully saturated rings. The fourth-order valence-corrected chi connectivity index (χ4v) is 2.73. The van der Waals surface area contributed by atoms with Crippen LogP contribution >= 0.6 is 35.6 Å². The maximum absolute atomic E-state index is 6.22. The highest BCUT2D eigenvalue weighted by Gasteiger charge is 2.16. The first-order valence-electron chi connectivity index (χ1n) is 7.75. The van der Waals surface area contributed by atoms with Gasteiger partial charge in [-0.25, -0.2) is 4.99 Å². The van der Waals surface area contributed by atoms with Gasteiger partial charge in [0.15, 0.2) is 17.5 Å². The van der Waals surface area contributed by atoms with E-state index in [0.29, 0.717) is 42.2 Å². The van der Waals surface area contributed by atoms with Crippen LogP contribution in [0.5, 0.6) is 11.5 Å². The van der Waals surface area contributed by atoms with Gasteiger partial charge < -0.3 is 20.5 Å². The Kier molecular flexibility index (Phi) is 6.78. The highest BCUT2D eigenvalue weighted by molar-refractivity contribution is 14.0. The smallest absolute Gasteiger partial charge is 0.193 e. The maximum Gasteiger partial charge on any atom is 0.193 e. The number of hydrogen-bond acceptors (Lipinski definition) is 3. The van der Waals surface area contributed by atoms with E-state index in [4.69, 9.17) is 26.8 Å². The molecule has 1 heterocycles. The molecule has 0 bridgehead atoms. The second kappa shape index (κ2) is 8.62. The minimum Gasteiger partial charge on any atom is -0.486 e. The molecule has 3 N–H and O–H groups in total. The molecule has 0 aliphatic carbocycles. The molecule has 0 saturated carbocycles. The highest BCUT2D eigenvalue weighted by atomic mass is 127. The monoisotopic (exact) mass is 473 g/mol. The molecule has 0 amide bonds. The summed E-state index contributed by atoms with van der Waals surface area (Å²) in [6.45, 7) is 5.57. The van der Waals surface area contributed by atoms with Gasteiger partial charge in [-0.15, -0.1) is 24.0 Å². The molecular weight excluding hydrogens is 453 g/mol. The van der Waals surface area contributed by atoms with Crippen molar-refractivity contribution in [2.45, 2.75) is 20.4 Å². The van der Waals surface area contributed by atoms with Gasteiger partial charge in [0.05, 0.1) is 11.6 Å². The molecule has 2 aromatic carbocycles. The Morgan fingerprint density at radius 2 is 1.92 bits per heavy atom. The topological polar surface area (TPSA) is 68.9 Å². The third-order valence-corrected chi connectivity index (χ3v) is 4.15. The third-order valence-electron chi connectivity index (χ3n) is 3.87. The summed E-state index contributed by atoms with van der Waals surface area (Å²) >= 11 is 6.22. The zero-order valence-electron chi connectivity index (χ0n) is 14.1. The van der Waals surface area contributed by atoms with Crippen LogP contribution in [0, 0.1) is 13.8 Å². The summed E-state index contributed by atoms with van der Waals surface area (Å²) in [4.78, 5) is 4.36. The van der Waals surface area contributed by atoms with Gasteiger partial charge >= 0.3 is 0 Å². The number of guanidine groups is 1. The van der Waals surface area contributed by atoms with Gasteiger partial charge in [-0.05, 0) is 54.8 Å². The minimum atomic E-state index is 0. The van der Waals surface area contributed by atoms with Gasteiger partial charge in [-0.1, -0.05) is 17.7 Å². The fourth-order valence-electron chi connectivity index (χ4n) is 2.44. The van der Waals surface area contributed by atoms with Crippen molar-refractivity contribution in [1.29, 1.82) is 0 Å². The average Bonchev–Trinajstić information content (AvgIpc) is 2.56. The van der Waals surface area contributed by atoms with Crippen LogP contribution in [-0.2, 0) is 6.54 Å². The number of aryl methyl sites for hydroxylation is 2. The van der Waals surface area contributed by atoms with Gasteiger partial charge in [-0.3, -0.25) is 0 Å². The zero-order chi connectivity index (χ0) is 17.1. The first kappa shape index (κ1) is 19.7. The van der Waals surface area contributed by atoms with Crippen molar-refractivity contribution in [1.82, 2.24) is 0 Å². The molecule has 0 atom stereocenters. The van der Waals surface area contributed by atoms with Crippen LogP contribution in [0.1, 0.15) is 16.7 Å². The molecule has 0 radical (unpaired) electrons. The molecule has 0 aromatic heterocycles. The largest absolute Gasteiger partial charge is 0.486 e. The Morgan fingerprint density at radius 1 is 1.16 bits per heavy atom. The van der Waals surface area contributed by atoms with Crippen molar-refractivity contribution in [3.8, 4) is 11.5 Å². The molecule has 1 aliphatic heterocycles. The number of halogens is 2. The lowest BCUT2D eigenvalue weighted by molar-refractivity contribution is 0.171. The Labute approximate surface area is 169 Å². The summed E-state index contributed by atoms with van der Waals surface area (Å²) in [5.74, 6) is 1.60. The van der Waals surface area contributed by atoms with Crippen LogP contribution in [0.25, 0.3) is 0 Å². The van der Waals surface area contributed by atoms with Crippen LogP contribution in [-0.4, -0.2) is 19.2 Å². The van der Waals surface area contributed by atoms with E-state index in [0.717, 1.165) is 11.3 Å². The van der Waals surface area contributed by atoms with E-state index in [1.54, 1.807) is 0 Å². The number of aliphatic imine (C=N–C) groups is 1. The van der Waals surface area contributed by atoms with E-state index in [2.05, 4.69) is 24.2 Å². The quantitative estimate of drug-likeness (QED) is 0.397. The summed E-state index contributed by atoms with van der Waals surface area (Å²) < 4.78 is 11.1. The highest BCUT2D eigenvalue weighted by Crippen LogP contribution is 2.38. The second-order valence-electron chi connectivity index (χ2n) is 5.73. The lowest BCUT2D eigenvalue weighted by Crippen LogP contribution is -2.22. The molecule has 2 aromatic rings. The molecule has 3 rings (SSSR count). The number of anilines is 1. The number of nitrogens with one attached hydrogen (secondary N) is 1. The molecule has 0 unspecified atom stereocenters. The third kappa shape index (κ3) is 4.92. The van der Waals surface area contributed by atoms with Gasteiger partial charge in [0.25, 0.3) is 0 Å². The van der Waals surface area contributed by atoms with E-state index >= 15 is 0 Å². The predicted molar refractivity (Wildman–Crippen MR) is 113 cm³/mol. The molecule has 25 heavy (non-hydrogen) atoms. The van der Waals surface area contributed by atoms with Crippen molar-refractivity contribution in [2.24, 2.45) is 10.7 Å². The van der Waals surface area contributed by atoms with E-state index in [9.17, 15) is 0 Å². The number of hydrogen-bond donors (Lipinski definition) is 2. The van der Waals surface area contributed by atoms with Crippen molar-refractivity contribution < 1.29 is 9.47 Å². The average molecular weight is 474 g/mol. The van der Waals surface area contributed by atoms with Gasteiger partial charge in [-0.2, -0.15) is 0 Å². The number of nitrogens with zero attached hydrogens (tertiary/aromatic N) is 1. The van der Waals surface area contributed by atoms with E-state index < -0.39 is 0 Å². The van der Waals surface area contributed by atoms with Crippen LogP contribution < -0.4 is 20.5 Å². The fraction of sp³-hybridized carbons (Fsp3) is 0.278. The van der Waals surface area contributed by atoms with Crippen molar-refractivity contribution in [3.05, 3.63) is 52.0 Å². The Hall–Kier alpha value is -1.67. The maximum atomic E-state index is 6.22. The molecule has 1 aliphatic rings. The van der Waals surface area contributed by atoms with Crippen LogP contribution in [0.15, 0.2) is 35.3 Å². The standard InChI is InChI=1S/C18H20ClN3O2.HI/c1-11-3-4-14(7-12(11)2)22-18(20)21-10-13-8-15(19)17-16(9-13)23-5-6-24-17;/h3-4,7-9H,5-6,10H2,1-2H3,(H3,20,21,22);1H. The summed E-state index contributed by atoms with van der Waals surface area (Å²) in [5, 5.41) is 3.62.